The van der Waals surface area contributed by atoms with Gasteiger partial charge in [-0.15, -0.1) is 0 Å². The topological polar surface area (TPSA) is 66.5 Å². The molecule has 132 valence electrons. The van der Waals surface area contributed by atoms with Crippen LogP contribution in [-0.4, -0.2) is 32.3 Å². The van der Waals surface area contributed by atoms with Crippen LogP contribution in [0.5, 0.6) is 0 Å². The van der Waals surface area contributed by atoms with E-state index in [2.05, 4.69) is 11.3 Å². The molecule has 0 saturated carbocycles. The lowest BCUT2D eigenvalue weighted by molar-refractivity contribution is 0.0778. The zero-order chi connectivity index (χ0) is 18.4. The van der Waals surface area contributed by atoms with Gasteiger partial charge in [-0.05, 0) is 50.2 Å². The van der Waals surface area contributed by atoms with E-state index in [1.807, 2.05) is 13.8 Å². The van der Waals surface area contributed by atoms with E-state index in [1.54, 1.807) is 47.4 Å². The fourth-order valence-electron chi connectivity index (χ4n) is 2.33. The molecule has 2 rings (SSSR count). The molecular formula is C19H22N2O3S. The van der Waals surface area contributed by atoms with Gasteiger partial charge in [-0.1, -0.05) is 30.4 Å². The third-order valence-electron chi connectivity index (χ3n) is 3.57. The highest BCUT2D eigenvalue weighted by Gasteiger charge is 2.16. The predicted molar refractivity (Wildman–Crippen MR) is 100 cm³/mol. The fourth-order valence-corrected chi connectivity index (χ4v) is 3.41. The largest absolute Gasteiger partial charge is 0.335 e. The summed E-state index contributed by atoms with van der Waals surface area (Å²) in [6.07, 6.45) is 0. The number of carbonyl (C=O) groups is 1. The summed E-state index contributed by atoms with van der Waals surface area (Å²) in [5.41, 5.74) is 1.82. The Labute approximate surface area is 149 Å². The standard InChI is InChI=1S/C19H22N2O3S/c1-4-21(14-15(2)3)19(22)16-10-12-17(13-11-16)20-25(23,24)18-8-6-5-7-9-18/h5-13,20H,2,4,14H2,1,3H3. The Morgan fingerprint density at radius 2 is 1.68 bits per heavy atom. The van der Waals surface area contributed by atoms with Crippen LogP contribution < -0.4 is 4.72 Å². The van der Waals surface area contributed by atoms with Crippen LogP contribution in [-0.2, 0) is 10.0 Å². The van der Waals surface area contributed by atoms with E-state index in [1.165, 1.54) is 12.1 Å². The molecule has 0 heterocycles. The maximum absolute atomic E-state index is 12.5. The minimum Gasteiger partial charge on any atom is -0.335 e. The lowest BCUT2D eigenvalue weighted by atomic mass is 10.1. The quantitative estimate of drug-likeness (QED) is 0.770. The van der Waals surface area contributed by atoms with Gasteiger partial charge in [-0.2, -0.15) is 0 Å². The maximum Gasteiger partial charge on any atom is 0.261 e. The second-order valence-electron chi connectivity index (χ2n) is 5.77. The van der Waals surface area contributed by atoms with Gasteiger partial charge in [0.15, 0.2) is 0 Å². The number of hydrogen-bond acceptors (Lipinski definition) is 3. The Kier molecular flexibility index (Phi) is 5.98. The molecule has 25 heavy (non-hydrogen) atoms. The van der Waals surface area contributed by atoms with Crippen LogP contribution in [0.25, 0.3) is 0 Å². The Bertz CT molecular complexity index is 844. The first kappa shape index (κ1) is 18.7. The van der Waals surface area contributed by atoms with Crippen molar-refractivity contribution in [3.63, 3.8) is 0 Å². The minimum absolute atomic E-state index is 0.108. The van der Waals surface area contributed by atoms with Crippen LogP contribution in [0.4, 0.5) is 5.69 Å². The lowest BCUT2D eigenvalue weighted by Gasteiger charge is -2.21. The van der Waals surface area contributed by atoms with E-state index < -0.39 is 10.0 Å². The van der Waals surface area contributed by atoms with E-state index in [4.69, 9.17) is 0 Å². The molecule has 6 heteroatoms. The van der Waals surface area contributed by atoms with Gasteiger partial charge in [-0.25, -0.2) is 8.42 Å². The fraction of sp³-hybridized carbons (Fsp3) is 0.211. The van der Waals surface area contributed by atoms with Gasteiger partial charge in [0.1, 0.15) is 0 Å². The molecule has 0 unspecified atom stereocenters. The van der Waals surface area contributed by atoms with Crippen molar-refractivity contribution in [1.82, 2.24) is 4.90 Å². The average molecular weight is 358 g/mol. The van der Waals surface area contributed by atoms with Crippen molar-refractivity contribution >= 4 is 21.6 Å². The highest BCUT2D eigenvalue weighted by molar-refractivity contribution is 7.92. The second-order valence-corrected chi connectivity index (χ2v) is 7.45. The first-order chi connectivity index (χ1) is 11.8. The second kappa shape index (κ2) is 7.98. The third-order valence-corrected chi connectivity index (χ3v) is 4.96. The molecule has 0 aliphatic rings. The monoisotopic (exact) mass is 358 g/mol. The number of nitrogens with one attached hydrogen (secondary N) is 1. The molecule has 0 atom stereocenters. The third kappa shape index (κ3) is 4.93. The molecule has 0 aromatic heterocycles. The van der Waals surface area contributed by atoms with Crippen LogP contribution >= 0.6 is 0 Å². The van der Waals surface area contributed by atoms with Gasteiger partial charge < -0.3 is 4.90 Å². The van der Waals surface area contributed by atoms with Crippen molar-refractivity contribution in [2.24, 2.45) is 0 Å². The molecule has 1 N–H and O–H groups in total. The van der Waals surface area contributed by atoms with Gasteiger partial charge in [0.2, 0.25) is 0 Å². The highest BCUT2D eigenvalue weighted by atomic mass is 32.2. The van der Waals surface area contributed by atoms with Crippen LogP contribution in [0.15, 0.2) is 71.6 Å². The van der Waals surface area contributed by atoms with Crippen molar-refractivity contribution in [3.05, 3.63) is 72.3 Å². The van der Waals surface area contributed by atoms with Gasteiger partial charge in [0, 0.05) is 24.3 Å². The zero-order valence-corrected chi connectivity index (χ0v) is 15.2. The van der Waals surface area contributed by atoms with E-state index in [0.29, 0.717) is 24.3 Å². The number of carbonyl (C=O) groups excluding carboxylic acids is 1. The normalized spacial score (nSPS) is 11.0. The van der Waals surface area contributed by atoms with Crippen molar-refractivity contribution in [2.45, 2.75) is 18.7 Å². The summed E-state index contributed by atoms with van der Waals surface area (Å²) in [6.45, 7) is 8.69. The summed E-state index contributed by atoms with van der Waals surface area (Å²) in [4.78, 5) is 14.4. The van der Waals surface area contributed by atoms with Crippen molar-refractivity contribution in [2.75, 3.05) is 17.8 Å². The van der Waals surface area contributed by atoms with E-state index in [0.717, 1.165) is 5.57 Å². The molecule has 1 amide bonds. The van der Waals surface area contributed by atoms with Crippen molar-refractivity contribution in [1.29, 1.82) is 0 Å². The van der Waals surface area contributed by atoms with Crippen LogP contribution in [0.3, 0.4) is 0 Å². The first-order valence-electron chi connectivity index (χ1n) is 7.95. The highest BCUT2D eigenvalue weighted by Crippen LogP contribution is 2.17. The molecule has 0 bridgehead atoms. The molecule has 0 saturated heterocycles. The van der Waals surface area contributed by atoms with Crippen LogP contribution in [0.2, 0.25) is 0 Å². The Hall–Kier alpha value is -2.60. The summed E-state index contributed by atoms with van der Waals surface area (Å²) in [6, 6.07) is 14.5. The molecule has 0 fully saturated rings. The van der Waals surface area contributed by atoms with Gasteiger partial charge in [0.05, 0.1) is 4.90 Å². The van der Waals surface area contributed by atoms with Crippen molar-refractivity contribution < 1.29 is 13.2 Å². The maximum atomic E-state index is 12.5. The van der Waals surface area contributed by atoms with Gasteiger partial charge in [-0.3, -0.25) is 9.52 Å². The lowest BCUT2D eigenvalue weighted by Crippen LogP contribution is -2.32. The molecule has 0 spiro atoms. The van der Waals surface area contributed by atoms with Crippen LogP contribution in [0.1, 0.15) is 24.2 Å². The Balaban J connectivity index is 2.14. The number of amides is 1. The average Bonchev–Trinajstić information content (AvgIpc) is 2.60. The number of hydrogen-bond donors (Lipinski definition) is 1. The first-order valence-corrected chi connectivity index (χ1v) is 9.43. The summed E-state index contributed by atoms with van der Waals surface area (Å²) in [5, 5.41) is 0. The number of nitrogens with zero attached hydrogens (tertiary/aromatic N) is 1. The molecule has 2 aromatic carbocycles. The number of anilines is 1. The molecule has 0 aliphatic heterocycles. The molecule has 0 aliphatic carbocycles. The van der Waals surface area contributed by atoms with E-state index in [9.17, 15) is 13.2 Å². The minimum atomic E-state index is -3.64. The summed E-state index contributed by atoms with van der Waals surface area (Å²) in [5.74, 6) is -0.108. The number of rotatable bonds is 7. The molecule has 5 nitrogen and oxygen atoms in total. The van der Waals surface area contributed by atoms with Crippen molar-refractivity contribution in [3.8, 4) is 0 Å². The summed E-state index contributed by atoms with van der Waals surface area (Å²) >= 11 is 0. The number of sulfonamides is 1. The van der Waals surface area contributed by atoms with E-state index >= 15 is 0 Å². The predicted octanol–water partition coefficient (Wildman–Crippen LogP) is 3.53. The number of benzene rings is 2. The van der Waals surface area contributed by atoms with Gasteiger partial charge >= 0.3 is 0 Å². The summed E-state index contributed by atoms with van der Waals surface area (Å²) < 4.78 is 27.1. The molecular weight excluding hydrogens is 336 g/mol. The zero-order valence-electron chi connectivity index (χ0n) is 14.4. The van der Waals surface area contributed by atoms with E-state index in [-0.39, 0.29) is 10.8 Å². The number of likely N-dealkylation sites (N-methyl/N-ethyl adjacent to an activating group) is 1. The Morgan fingerprint density at radius 3 is 2.20 bits per heavy atom. The molecule has 0 radical (unpaired) electrons. The summed E-state index contributed by atoms with van der Waals surface area (Å²) in [7, 11) is -3.64. The van der Waals surface area contributed by atoms with Crippen LogP contribution in [0, 0.1) is 0 Å². The Morgan fingerprint density at radius 1 is 1.08 bits per heavy atom. The molecule has 2 aromatic rings. The smallest absolute Gasteiger partial charge is 0.261 e. The SMILES string of the molecule is C=C(C)CN(CC)C(=O)c1ccc(NS(=O)(=O)c2ccccc2)cc1. The van der Waals surface area contributed by atoms with Gasteiger partial charge in [0.25, 0.3) is 15.9 Å².